The summed E-state index contributed by atoms with van der Waals surface area (Å²) in [5.74, 6) is -1.20. The summed E-state index contributed by atoms with van der Waals surface area (Å²) >= 11 is 0. The number of amides is 1. The van der Waals surface area contributed by atoms with Crippen LogP contribution in [0.15, 0.2) is 36.5 Å². The van der Waals surface area contributed by atoms with Crippen molar-refractivity contribution in [2.75, 3.05) is 11.0 Å². The molecule has 3 aromatic rings. The largest absolute Gasteiger partial charge is 0.392 e. The van der Waals surface area contributed by atoms with Gasteiger partial charge in [-0.3, -0.25) is 9.52 Å². The second-order valence-corrected chi connectivity index (χ2v) is 7.42. The zero-order valence-electron chi connectivity index (χ0n) is 13.6. The lowest BCUT2D eigenvalue weighted by molar-refractivity contribution is 0.100. The van der Waals surface area contributed by atoms with Crippen LogP contribution in [0.25, 0.3) is 16.8 Å². The minimum absolute atomic E-state index is 0.0808. The number of nitrogens with zero attached hydrogens (tertiary/aromatic N) is 2. The normalized spacial score (nSPS) is 11.7. The highest BCUT2D eigenvalue weighted by molar-refractivity contribution is 7.92. The Morgan fingerprint density at radius 2 is 2.00 bits per heavy atom. The number of pyridine rings is 1. The van der Waals surface area contributed by atoms with Crippen LogP contribution in [-0.2, 0) is 16.6 Å². The van der Waals surface area contributed by atoms with Crippen LogP contribution in [0.3, 0.4) is 0 Å². The number of sulfonamides is 1. The number of anilines is 1. The number of primary amides is 1. The lowest BCUT2D eigenvalue weighted by Crippen LogP contribution is -2.13. The average molecular weight is 378 g/mol. The molecule has 10 heteroatoms. The number of rotatable bonds is 5. The quantitative estimate of drug-likeness (QED) is 0.613. The summed E-state index contributed by atoms with van der Waals surface area (Å²) < 4.78 is 39.7. The summed E-state index contributed by atoms with van der Waals surface area (Å²) in [4.78, 5) is 12.0. The van der Waals surface area contributed by atoms with Crippen molar-refractivity contribution >= 4 is 27.1 Å². The number of benzene rings is 1. The minimum Gasteiger partial charge on any atom is -0.392 e. The van der Waals surface area contributed by atoms with Crippen molar-refractivity contribution in [3.05, 3.63) is 53.5 Å². The Kier molecular flexibility index (Phi) is 4.38. The van der Waals surface area contributed by atoms with Crippen molar-refractivity contribution in [3.63, 3.8) is 0 Å². The van der Waals surface area contributed by atoms with E-state index in [-0.39, 0.29) is 22.5 Å². The third-order valence-electron chi connectivity index (χ3n) is 3.69. The third-order valence-corrected chi connectivity index (χ3v) is 4.28. The van der Waals surface area contributed by atoms with Gasteiger partial charge in [0.2, 0.25) is 10.0 Å². The van der Waals surface area contributed by atoms with Crippen molar-refractivity contribution in [3.8, 4) is 11.3 Å². The smallest absolute Gasteiger partial charge is 0.253 e. The predicted octanol–water partition coefficient (Wildman–Crippen LogP) is 1.10. The number of nitrogens with one attached hydrogen (secondary N) is 1. The first-order chi connectivity index (χ1) is 12.2. The first kappa shape index (κ1) is 17.8. The SMILES string of the molecule is CS(=O)(=O)Nc1cn2nc(-c3ccc(F)cc3)c(C(N)=O)c2cc1CO. The highest BCUT2D eigenvalue weighted by atomic mass is 32.2. The van der Waals surface area contributed by atoms with E-state index in [0.717, 1.165) is 6.26 Å². The van der Waals surface area contributed by atoms with Crippen LogP contribution in [0.1, 0.15) is 15.9 Å². The van der Waals surface area contributed by atoms with Gasteiger partial charge in [0.1, 0.15) is 11.5 Å². The third kappa shape index (κ3) is 3.37. The van der Waals surface area contributed by atoms with Gasteiger partial charge in [0, 0.05) is 11.1 Å². The number of hydrogen-bond donors (Lipinski definition) is 3. The van der Waals surface area contributed by atoms with Crippen LogP contribution < -0.4 is 10.5 Å². The van der Waals surface area contributed by atoms with Crippen LogP contribution in [0, 0.1) is 5.82 Å². The lowest BCUT2D eigenvalue weighted by Gasteiger charge is -2.09. The van der Waals surface area contributed by atoms with Crippen LogP contribution >= 0.6 is 0 Å². The zero-order valence-corrected chi connectivity index (χ0v) is 14.4. The Morgan fingerprint density at radius 1 is 1.35 bits per heavy atom. The van der Waals surface area contributed by atoms with Gasteiger partial charge in [-0.15, -0.1) is 0 Å². The predicted molar refractivity (Wildman–Crippen MR) is 93.5 cm³/mol. The molecular formula is C16H15FN4O4S. The minimum atomic E-state index is -3.59. The molecule has 0 saturated heterocycles. The lowest BCUT2D eigenvalue weighted by atomic mass is 10.1. The van der Waals surface area contributed by atoms with Crippen LogP contribution in [-0.4, -0.2) is 35.3 Å². The molecule has 2 heterocycles. The van der Waals surface area contributed by atoms with E-state index >= 15 is 0 Å². The van der Waals surface area contributed by atoms with Gasteiger partial charge >= 0.3 is 0 Å². The highest BCUT2D eigenvalue weighted by Gasteiger charge is 2.21. The number of fused-ring (bicyclic) bond motifs is 1. The molecule has 1 aromatic carbocycles. The molecule has 26 heavy (non-hydrogen) atoms. The van der Waals surface area contributed by atoms with Crippen molar-refractivity contribution in [2.24, 2.45) is 5.73 Å². The summed E-state index contributed by atoms with van der Waals surface area (Å²) in [6, 6.07) is 6.77. The number of aliphatic hydroxyl groups is 1. The second-order valence-electron chi connectivity index (χ2n) is 5.67. The van der Waals surface area contributed by atoms with Crippen molar-refractivity contribution in [2.45, 2.75) is 6.61 Å². The van der Waals surface area contributed by atoms with E-state index < -0.39 is 28.4 Å². The number of halogens is 1. The van der Waals surface area contributed by atoms with Gasteiger partial charge in [0.15, 0.2) is 0 Å². The van der Waals surface area contributed by atoms with Crippen LogP contribution in [0.5, 0.6) is 0 Å². The van der Waals surface area contributed by atoms with Crippen molar-refractivity contribution in [1.82, 2.24) is 9.61 Å². The molecule has 8 nitrogen and oxygen atoms in total. The first-order valence-corrected chi connectivity index (χ1v) is 9.28. The first-order valence-electron chi connectivity index (χ1n) is 7.39. The Balaban J connectivity index is 2.29. The van der Waals surface area contributed by atoms with E-state index in [9.17, 15) is 22.7 Å². The van der Waals surface area contributed by atoms with Crippen LogP contribution in [0.2, 0.25) is 0 Å². The summed E-state index contributed by atoms with van der Waals surface area (Å²) in [5, 5.41) is 13.8. The standard InChI is InChI=1S/C16H15FN4O4S/c1-26(24,25)20-12-7-21-13(6-10(12)8-22)14(16(18)23)15(19-21)9-2-4-11(17)5-3-9/h2-7,20,22H,8H2,1H3,(H2,18,23). The Morgan fingerprint density at radius 3 is 2.54 bits per heavy atom. The summed E-state index contributed by atoms with van der Waals surface area (Å²) in [6.07, 6.45) is 2.31. The molecule has 3 rings (SSSR count). The van der Waals surface area contributed by atoms with Gasteiger partial charge in [-0.2, -0.15) is 5.10 Å². The second kappa shape index (κ2) is 6.39. The molecule has 0 fully saturated rings. The van der Waals surface area contributed by atoms with Gasteiger partial charge < -0.3 is 10.8 Å². The molecule has 0 radical (unpaired) electrons. The number of carbonyl (C=O) groups is 1. The molecule has 0 unspecified atom stereocenters. The van der Waals surface area contributed by atoms with Gasteiger partial charge in [-0.1, -0.05) is 0 Å². The average Bonchev–Trinajstić information content (AvgIpc) is 2.91. The molecular weight excluding hydrogens is 363 g/mol. The van der Waals surface area contributed by atoms with E-state index in [0.29, 0.717) is 11.1 Å². The monoisotopic (exact) mass is 378 g/mol. The fourth-order valence-electron chi connectivity index (χ4n) is 2.61. The highest BCUT2D eigenvalue weighted by Crippen LogP contribution is 2.29. The molecule has 2 aromatic heterocycles. The molecule has 0 bridgehead atoms. The molecule has 0 atom stereocenters. The van der Waals surface area contributed by atoms with Crippen molar-refractivity contribution < 1.29 is 22.7 Å². The number of carbonyl (C=O) groups excluding carboxylic acids is 1. The maximum Gasteiger partial charge on any atom is 0.253 e. The van der Waals surface area contributed by atoms with Crippen LogP contribution in [0.4, 0.5) is 10.1 Å². The maximum atomic E-state index is 13.2. The molecule has 0 aliphatic rings. The van der Waals surface area contributed by atoms with E-state index in [1.165, 1.54) is 41.0 Å². The number of hydrogen-bond acceptors (Lipinski definition) is 5. The topological polar surface area (TPSA) is 127 Å². The van der Waals surface area contributed by atoms with E-state index in [1.807, 2.05) is 0 Å². The van der Waals surface area contributed by atoms with E-state index in [1.54, 1.807) is 0 Å². The van der Waals surface area contributed by atoms with Gasteiger partial charge in [-0.25, -0.2) is 17.3 Å². The van der Waals surface area contributed by atoms with Gasteiger partial charge in [0.25, 0.3) is 5.91 Å². The van der Waals surface area contributed by atoms with Gasteiger partial charge in [0.05, 0.1) is 35.8 Å². The number of aliphatic hydroxyl groups excluding tert-OH is 1. The fourth-order valence-corrected chi connectivity index (χ4v) is 3.19. The van der Waals surface area contributed by atoms with E-state index in [4.69, 9.17) is 5.73 Å². The zero-order chi connectivity index (χ0) is 19.1. The molecule has 0 spiro atoms. The molecule has 0 aliphatic heterocycles. The van der Waals surface area contributed by atoms with E-state index in [2.05, 4.69) is 9.82 Å². The Bertz CT molecular complexity index is 1110. The molecule has 1 amide bonds. The summed E-state index contributed by atoms with van der Waals surface area (Å²) in [7, 11) is -3.59. The molecule has 0 saturated carbocycles. The molecule has 0 aliphatic carbocycles. The summed E-state index contributed by atoms with van der Waals surface area (Å²) in [6.45, 7) is -0.469. The Hall–Kier alpha value is -2.98. The maximum absolute atomic E-state index is 13.2. The van der Waals surface area contributed by atoms with Crippen molar-refractivity contribution in [1.29, 1.82) is 0 Å². The summed E-state index contributed by atoms with van der Waals surface area (Å²) in [5.41, 5.74) is 6.90. The molecule has 4 N–H and O–H groups in total. The fraction of sp³-hybridized carbons (Fsp3) is 0.125. The number of nitrogens with two attached hydrogens (primary N) is 1. The molecule has 136 valence electrons. The Labute approximate surface area is 148 Å². The van der Waals surface area contributed by atoms with Gasteiger partial charge in [-0.05, 0) is 30.3 Å². The number of aromatic nitrogens is 2.